The largest absolute Gasteiger partial charge is 0.398 e. The molecule has 0 bridgehead atoms. The van der Waals surface area contributed by atoms with Crippen molar-refractivity contribution < 1.29 is 13.9 Å². The van der Waals surface area contributed by atoms with Crippen LogP contribution in [0.4, 0.5) is 10.1 Å². The number of anilines is 1. The summed E-state index contributed by atoms with van der Waals surface area (Å²) < 4.78 is 18.7. The second-order valence-corrected chi connectivity index (χ2v) is 5.07. The van der Waals surface area contributed by atoms with E-state index in [0.29, 0.717) is 25.4 Å². The molecule has 0 radical (unpaired) electrons. The molecule has 1 aliphatic heterocycles. The number of amides is 1. The monoisotopic (exact) mass is 252 g/mol. The predicted molar refractivity (Wildman–Crippen MR) is 66.7 cm³/mol. The van der Waals surface area contributed by atoms with Gasteiger partial charge in [-0.3, -0.25) is 4.79 Å². The van der Waals surface area contributed by atoms with E-state index >= 15 is 0 Å². The number of nitrogens with zero attached hydrogens (tertiary/aromatic N) is 1. The molecule has 1 aliphatic rings. The van der Waals surface area contributed by atoms with E-state index in [4.69, 9.17) is 10.5 Å². The Hall–Kier alpha value is -1.62. The van der Waals surface area contributed by atoms with E-state index in [1.54, 1.807) is 4.90 Å². The molecule has 0 aliphatic carbocycles. The summed E-state index contributed by atoms with van der Waals surface area (Å²) in [6.45, 7) is 5.29. The Bertz CT molecular complexity index is 474. The number of nitrogen functional groups attached to an aromatic ring is 1. The van der Waals surface area contributed by atoms with Crippen molar-refractivity contribution in [2.75, 3.05) is 25.4 Å². The molecule has 98 valence electrons. The molecule has 0 spiro atoms. The second-order valence-electron chi connectivity index (χ2n) is 5.07. The van der Waals surface area contributed by atoms with E-state index in [9.17, 15) is 9.18 Å². The van der Waals surface area contributed by atoms with Gasteiger partial charge in [0.05, 0.1) is 17.8 Å². The van der Waals surface area contributed by atoms with Gasteiger partial charge in [-0.2, -0.15) is 0 Å². The maximum absolute atomic E-state index is 13.2. The average molecular weight is 252 g/mol. The first-order valence-electron chi connectivity index (χ1n) is 5.87. The fourth-order valence-corrected chi connectivity index (χ4v) is 2.07. The molecule has 4 nitrogen and oxygen atoms in total. The van der Waals surface area contributed by atoms with Crippen molar-refractivity contribution >= 4 is 11.6 Å². The Balaban J connectivity index is 2.23. The van der Waals surface area contributed by atoms with Crippen molar-refractivity contribution in [2.45, 2.75) is 19.4 Å². The summed E-state index contributed by atoms with van der Waals surface area (Å²) in [5, 5.41) is 0. The van der Waals surface area contributed by atoms with Crippen molar-refractivity contribution in [2.24, 2.45) is 0 Å². The lowest BCUT2D eigenvalue weighted by molar-refractivity contribution is -0.0763. The number of morpholine rings is 1. The molecule has 18 heavy (non-hydrogen) atoms. The molecule has 1 aromatic carbocycles. The van der Waals surface area contributed by atoms with Crippen LogP contribution in [0.2, 0.25) is 0 Å². The van der Waals surface area contributed by atoms with Gasteiger partial charge in [0.1, 0.15) is 5.82 Å². The zero-order chi connectivity index (χ0) is 13.3. The number of nitrogens with two attached hydrogens (primary N) is 1. The summed E-state index contributed by atoms with van der Waals surface area (Å²) in [7, 11) is 0. The summed E-state index contributed by atoms with van der Waals surface area (Å²) in [6, 6.07) is 3.84. The minimum absolute atomic E-state index is 0.215. The zero-order valence-electron chi connectivity index (χ0n) is 10.6. The summed E-state index contributed by atoms with van der Waals surface area (Å²) >= 11 is 0. The third kappa shape index (κ3) is 2.61. The highest BCUT2D eigenvalue weighted by Crippen LogP contribution is 2.21. The lowest BCUT2D eigenvalue weighted by Crippen LogP contribution is -2.50. The van der Waals surface area contributed by atoms with Gasteiger partial charge in [-0.25, -0.2) is 4.39 Å². The zero-order valence-corrected chi connectivity index (χ0v) is 10.6. The first-order chi connectivity index (χ1) is 8.39. The summed E-state index contributed by atoms with van der Waals surface area (Å²) in [5.41, 5.74) is 5.85. The molecule has 1 amide bonds. The molecular weight excluding hydrogens is 235 g/mol. The van der Waals surface area contributed by atoms with Crippen LogP contribution in [0.15, 0.2) is 18.2 Å². The van der Waals surface area contributed by atoms with Crippen molar-refractivity contribution in [1.82, 2.24) is 4.90 Å². The second kappa shape index (κ2) is 4.57. The molecule has 0 aromatic heterocycles. The maximum Gasteiger partial charge on any atom is 0.256 e. The first kappa shape index (κ1) is 12.8. The summed E-state index contributed by atoms with van der Waals surface area (Å²) in [5.74, 6) is -0.705. The number of carbonyl (C=O) groups excluding carboxylic acids is 1. The Kier molecular flexibility index (Phi) is 3.26. The number of rotatable bonds is 1. The van der Waals surface area contributed by atoms with Gasteiger partial charge in [0.2, 0.25) is 0 Å². The number of halogens is 1. The minimum atomic E-state index is -0.458. The SMILES string of the molecule is CC1(C)CN(C(=O)c2cc(F)ccc2N)CCO1. The highest BCUT2D eigenvalue weighted by atomic mass is 19.1. The van der Waals surface area contributed by atoms with Crippen LogP contribution in [-0.4, -0.2) is 36.1 Å². The standard InChI is InChI=1S/C13H17FN2O2/c1-13(2)8-16(5-6-18-13)12(17)10-7-9(14)3-4-11(10)15/h3-4,7H,5-6,8,15H2,1-2H3. The molecule has 1 aromatic rings. The fraction of sp³-hybridized carbons (Fsp3) is 0.462. The first-order valence-corrected chi connectivity index (χ1v) is 5.87. The Morgan fingerprint density at radius 1 is 1.50 bits per heavy atom. The fourth-order valence-electron chi connectivity index (χ4n) is 2.07. The third-order valence-corrected chi connectivity index (χ3v) is 2.96. The highest BCUT2D eigenvalue weighted by molar-refractivity contribution is 5.99. The van der Waals surface area contributed by atoms with Crippen LogP contribution in [-0.2, 0) is 4.74 Å². The molecule has 1 fully saturated rings. The Morgan fingerprint density at radius 2 is 2.22 bits per heavy atom. The van der Waals surface area contributed by atoms with E-state index in [1.807, 2.05) is 13.8 Å². The van der Waals surface area contributed by atoms with E-state index in [2.05, 4.69) is 0 Å². The van der Waals surface area contributed by atoms with Crippen molar-refractivity contribution in [3.63, 3.8) is 0 Å². The van der Waals surface area contributed by atoms with Crippen LogP contribution >= 0.6 is 0 Å². The van der Waals surface area contributed by atoms with Crippen molar-refractivity contribution in [3.05, 3.63) is 29.6 Å². The summed E-state index contributed by atoms with van der Waals surface area (Å²) in [4.78, 5) is 13.9. The molecule has 1 saturated heterocycles. The third-order valence-electron chi connectivity index (χ3n) is 2.96. The van der Waals surface area contributed by atoms with Gasteiger partial charge in [0, 0.05) is 18.8 Å². The minimum Gasteiger partial charge on any atom is -0.398 e. The molecule has 0 atom stereocenters. The van der Waals surface area contributed by atoms with Gasteiger partial charge in [0.25, 0.3) is 5.91 Å². The quantitative estimate of drug-likeness (QED) is 0.773. The molecule has 1 heterocycles. The van der Waals surface area contributed by atoms with Crippen molar-refractivity contribution in [3.8, 4) is 0 Å². The summed E-state index contributed by atoms with van der Waals surface area (Å²) in [6.07, 6.45) is 0. The van der Waals surface area contributed by atoms with Crippen LogP contribution in [0.1, 0.15) is 24.2 Å². The van der Waals surface area contributed by atoms with Crippen LogP contribution in [0.25, 0.3) is 0 Å². The predicted octanol–water partition coefficient (Wildman–Crippen LogP) is 1.66. The smallest absolute Gasteiger partial charge is 0.256 e. The van der Waals surface area contributed by atoms with E-state index in [0.717, 1.165) is 0 Å². The molecule has 2 N–H and O–H groups in total. The number of hydrogen-bond acceptors (Lipinski definition) is 3. The van der Waals surface area contributed by atoms with Gasteiger partial charge in [-0.05, 0) is 32.0 Å². The molecule has 5 heteroatoms. The number of carbonyl (C=O) groups is 1. The molecule has 0 saturated carbocycles. The van der Waals surface area contributed by atoms with Crippen LogP contribution in [0, 0.1) is 5.82 Å². The van der Waals surface area contributed by atoms with Crippen LogP contribution in [0.5, 0.6) is 0 Å². The van der Waals surface area contributed by atoms with E-state index < -0.39 is 5.82 Å². The van der Waals surface area contributed by atoms with Crippen LogP contribution < -0.4 is 5.73 Å². The van der Waals surface area contributed by atoms with Gasteiger partial charge < -0.3 is 15.4 Å². The number of ether oxygens (including phenoxy) is 1. The highest BCUT2D eigenvalue weighted by Gasteiger charge is 2.31. The Labute approximate surface area is 106 Å². The molecular formula is C13H17FN2O2. The molecule has 0 unspecified atom stereocenters. The van der Waals surface area contributed by atoms with Gasteiger partial charge in [0.15, 0.2) is 0 Å². The van der Waals surface area contributed by atoms with Crippen molar-refractivity contribution in [1.29, 1.82) is 0 Å². The maximum atomic E-state index is 13.2. The van der Waals surface area contributed by atoms with Gasteiger partial charge in [-0.15, -0.1) is 0 Å². The Morgan fingerprint density at radius 3 is 2.89 bits per heavy atom. The topological polar surface area (TPSA) is 55.6 Å². The molecule has 2 rings (SSSR count). The normalized spacial score (nSPS) is 18.7. The lowest BCUT2D eigenvalue weighted by Gasteiger charge is -2.38. The number of benzene rings is 1. The number of hydrogen-bond donors (Lipinski definition) is 1. The van der Waals surface area contributed by atoms with Gasteiger partial charge in [-0.1, -0.05) is 0 Å². The van der Waals surface area contributed by atoms with E-state index in [1.165, 1.54) is 18.2 Å². The van der Waals surface area contributed by atoms with Gasteiger partial charge >= 0.3 is 0 Å². The lowest BCUT2D eigenvalue weighted by atomic mass is 10.1. The van der Waals surface area contributed by atoms with E-state index in [-0.39, 0.29) is 17.1 Å². The average Bonchev–Trinajstić information content (AvgIpc) is 2.30. The van der Waals surface area contributed by atoms with Crippen LogP contribution in [0.3, 0.4) is 0 Å².